The Hall–Kier alpha value is -0.520. The van der Waals surface area contributed by atoms with Gasteiger partial charge in [0.15, 0.2) is 5.96 Å². The lowest BCUT2D eigenvalue weighted by Crippen LogP contribution is -2.43. The van der Waals surface area contributed by atoms with Crippen LogP contribution in [0.2, 0.25) is 0 Å². The molecule has 6 nitrogen and oxygen atoms in total. The zero-order valence-electron chi connectivity index (χ0n) is 16.2. The number of halogens is 1. The Morgan fingerprint density at radius 3 is 2.44 bits per heavy atom. The SMILES string of the molecule is CCNC(=NCc1ccc(CS(=O)(=O)NC)cc1)NCC1(C)CCCS1.I. The Labute approximate surface area is 184 Å². The third kappa shape index (κ3) is 8.57. The molecule has 154 valence electrons. The van der Waals surface area contributed by atoms with Gasteiger partial charge in [0.2, 0.25) is 10.0 Å². The predicted octanol–water partition coefficient (Wildman–Crippen LogP) is 2.69. The van der Waals surface area contributed by atoms with Crippen molar-refractivity contribution in [1.29, 1.82) is 0 Å². The summed E-state index contributed by atoms with van der Waals surface area (Å²) in [6.07, 6.45) is 2.52. The highest BCUT2D eigenvalue weighted by Crippen LogP contribution is 2.36. The van der Waals surface area contributed by atoms with Gasteiger partial charge in [-0.05, 0) is 50.6 Å². The summed E-state index contributed by atoms with van der Waals surface area (Å²) >= 11 is 2.03. The lowest BCUT2D eigenvalue weighted by Gasteiger charge is -2.24. The van der Waals surface area contributed by atoms with E-state index in [0.717, 1.165) is 30.2 Å². The first-order valence-electron chi connectivity index (χ1n) is 9.01. The molecule has 1 saturated heterocycles. The first-order chi connectivity index (χ1) is 12.4. The van der Waals surface area contributed by atoms with Gasteiger partial charge in [-0.25, -0.2) is 18.1 Å². The molecule has 0 aliphatic carbocycles. The van der Waals surface area contributed by atoms with Gasteiger partial charge in [0.1, 0.15) is 0 Å². The van der Waals surface area contributed by atoms with Gasteiger partial charge in [-0.3, -0.25) is 0 Å². The molecule has 2 rings (SSSR count). The fourth-order valence-corrected chi connectivity index (χ4v) is 4.81. The highest BCUT2D eigenvalue weighted by molar-refractivity contribution is 14.0. The molecule has 0 spiro atoms. The molecule has 0 radical (unpaired) electrons. The van der Waals surface area contributed by atoms with Crippen molar-refractivity contribution in [3.8, 4) is 0 Å². The van der Waals surface area contributed by atoms with Crippen LogP contribution >= 0.6 is 35.7 Å². The summed E-state index contributed by atoms with van der Waals surface area (Å²) in [5.74, 6) is 2.05. The molecule has 0 aromatic heterocycles. The van der Waals surface area contributed by atoms with Crippen molar-refractivity contribution >= 4 is 51.7 Å². The molecule has 1 aliphatic heterocycles. The van der Waals surface area contributed by atoms with E-state index in [0.29, 0.717) is 6.54 Å². The lowest BCUT2D eigenvalue weighted by atomic mass is 10.1. The fraction of sp³-hybridized carbons (Fsp3) is 0.611. The largest absolute Gasteiger partial charge is 0.357 e. The van der Waals surface area contributed by atoms with Crippen LogP contribution in [0.5, 0.6) is 0 Å². The summed E-state index contributed by atoms with van der Waals surface area (Å²) in [7, 11) is -1.81. The summed E-state index contributed by atoms with van der Waals surface area (Å²) in [6.45, 7) is 6.64. The Morgan fingerprint density at radius 1 is 1.22 bits per heavy atom. The lowest BCUT2D eigenvalue weighted by molar-refractivity contribution is 0.584. The summed E-state index contributed by atoms with van der Waals surface area (Å²) in [6, 6.07) is 7.55. The first kappa shape index (κ1) is 24.5. The van der Waals surface area contributed by atoms with Crippen LogP contribution in [0.25, 0.3) is 0 Å². The van der Waals surface area contributed by atoms with Crippen molar-refractivity contribution in [1.82, 2.24) is 15.4 Å². The molecule has 1 atom stereocenters. The number of guanidine groups is 1. The van der Waals surface area contributed by atoms with Gasteiger partial charge in [-0.15, -0.1) is 24.0 Å². The minimum atomic E-state index is -3.24. The number of nitrogens with one attached hydrogen (secondary N) is 3. The van der Waals surface area contributed by atoms with E-state index < -0.39 is 10.0 Å². The summed E-state index contributed by atoms with van der Waals surface area (Å²) in [5.41, 5.74) is 1.82. The van der Waals surface area contributed by atoms with Gasteiger partial charge in [0, 0.05) is 17.8 Å². The number of sulfonamides is 1. The molecule has 3 N–H and O–H groups in total. The summed E-state index contributed by atoms with van der Waals surface area (Å²) in [4.78, 5) is 4.65. The number of hydrogen-bond donors (Lipinski definition) is 3. The highest BCUT2D eigenvalue weighted by atomic mass is 127. The third-order valence-corrected chi connectivity index (χ3v) is 7.26. The van der Waals surface area contributed by atoms with E-state index in [-0.39, 0.29) is 34.5 Å². The molecule has 1 unspecified atom stereocenters. The van der Waals surface area contributed by atoms with Gasteiger partial charge in [0.05, 0.1) is 12.3 Å². The van der Waals surface area contributed by atoms with Crippen LogP contribution in [-0.4, -0.2) is 45.0 Å². The fourth-order valence-electron chi connectivity index (χ4n) is 2.79. The zero-order valence-corrected chi connectivity index (χ0v) is 20.2. The standard InChI is InChI=1S/C18H30N4O2S2.HI/c1-4-20-17(22-14-18(2)10-5-11-25-18)21-12-15-6-8-16(9-7-15)13-26(23,24)19-3;/h6-9,19H,4-5,10-14H2,1-3H3,(H2,20,21,22);1H. The second kappa shape index (κ2) is 11.5. The van der Waals surface area contributed by atoms with Gasteiger partial charge >= 0.3 is 0 Å². The molecule has 1 aromatic rings. The third-order valence-electron chi connectivity index (χ3n) is 4.38. The van der Waals surface area contributed by atoms with Crippen LogP contribution in [0.1, 0.15) is 37.8 Å². The predicted molar refractivity (Wildman–Crippen MR) is 126 cm³/mol. The van der Waals surface area contributed by atoms with Crippen LogP contribution in [-0.2, 0) is 22.3 Å². The quantitative estimate of drug-likeness (QED) is 0.276. The van der Waals surface area contributed by atoms with E-state index in [4.69, 9.17) is 0 Å². The van der Waals surface area contributed by atoms with E-state index in [1.165, 1.54) is 25.6 Å². The molecule has 1 aliphatic rings. The molecule has 27 heavy (non-hydrogen) atoms. The number of aliphatic imine (C=N–C) groups is 1. The molecule has 1 fully saturated rings. The van der Waals surface area contributed by atoms with Crippen LogP contribution in [0.15, 0.2) is 29.3 Å². The van der Waals surface area contributed by atoms with E-state index in [1.807, 2.05) is 36.0 Å². The van der Waals surface area contributed by atoms with E-state index in [2.05, 4.69) is 34.2 Å². The van der Waals surface area contributed by atoms with Gasteiger partial charge in [-0.1, -0.05) is 24.3 Å². The summed E-state index contributed by atoms with van der Waals surface area (Å²) < 4.78 is 25.8. The Kier molecular flexibility index (Phi) is 10.4. The van der Waals surface area contributed by atoms with Gasteiger partial charge in [-0.2, -0.15) is 11.8 Å². The normalized spacial score (nSPS) is 20.2. The van der Waals surface area contributed by atoms with Gasteiger partial charge in [0.25, 0.3) is 0 Å². The molecular weight excluding hydrogens is 495 g/mol. The molecule has 9 heteroatoms. The van der Waals surface area contributed by atoms with E-state index in [1.54, 1.807) is 0 Å². The molecule has 1 aromatic carbocycles. The number of hydrogen-bond acceptors (Lipinski definition) is 4. The Bertz CT molecular complexity index is 703. The average molecular weight is 527 g/mol. The number of benzene rings is 1. The first-order valence-corrected chi connectivity index (χ1v) is 11.6. The molecular formula is C18H31IN4O2S2. The van der Waals surface area contributed by atoms with Crippen molar-refractivity contribution in [3.63, 3.8) is 0 Å². The number of nitrogens with zero attached hydrogens (tertiary/aromatic N) is 1. The van der Waals surface area contributed by atoms with Gasteiger partial charge < -0.3 is 10.6 Å². The van der Waals surface area contributed by atoms with Crippen molar-refractivity contribution in [2.24, 2.45) is 4.99 Å². The topological polar surface area (TPSA) is 82.6 Å². The Balaban J connectivity index is 0.00000364. The van der Waals surface area contributed by atoms with Crippen LogP contribution in [0.3, 0.4) is 0 Å². The minimum absolute atomic E-state index is 0. The molecule has 0 saturated carbocycles. The highest BCUT2D eigenvalue weighted by Gasteiger charge is 2.29. The number of rotatable bonds is 8. The van der Waals surface area contributed by atoms with Crippen LogP contribution < -0.4 is 15.4 Å². The van der Waals surface area contributed by atoms with Crippen LogP contribution in [0, 0.1) is 0 Å². The monoisotopic (exact) mass is 526 g/mol. The molecule has 0 amide bonds. The van der Waals surface area contributed by atoms with Crippen LogP contribution in [0.4, 0.5) is 0 Å². The zero-order chi connectivity index (χ0) is 19.0. The van der Waals surface area contributed by atoms with Crippen molar-refractivity contribution in [2.45, 2.75) is 43.7 Å². The maximum Gasteiger partial charge on any atom is 0.215 e. The second-order valence-corrected chi connectivity index (χ2v) is 10.3. The summed E-state index contributed by atoms with van der Waals surface area (Å²) in [5, 5.41) is 6.74. The van der Waals surface area contributed by atoms with E-state index >= 15 is 0 Å². The Morgan fingerprint density at radius 2 is 1.89 bits per heavy atom. The molecule has 0 bridgehead atoms. The minimum Gasteiger partial charge on any atom is -0.357 e. The maximum atomic E-state index is 11.6. The number of thioether (sulfide) groups is 1. The average Bonchev–Trinajstić information content (AvgIpc) is 3.05. The smallest absolute Gasteiger partial charge is 0.215 e. The maximum absolute atomic E-state index is 11.6. The van der Waals surface area contributed by atoms with E-state index in [9.17, 15) is 8.42 Å². The van der Waals surface area contributed by atoms with Crippen molar-refractivity contribution in [3.05, 3.63) is 35.4 Å². The second-order valence-electron chi connectivity index (χ2n) is 6.73. The van der Waals surface area contributed by atoms with Crippen molar-refractivity contribution in [2.75, 3.05) is 25.9 Å². The van der Waals surface area contributed by atoms with Crippen molar-refractivity contribution < 1.29 is 8.42 Å². The molecule has 1 heterocycles.